The van der Waals surface area contributed by atoms with Gasteiger partial charge in [-0.1, -0.05) is 13.3 Å². The molecular formula is C23H30O3. The summed E-state index contributed by atoms with van der Waals surface area (Å²) in [6, 6.07) is 0. The number of fused-ring (bicyclic) bond motifs is 5. The number of methoxy groups -OCH3 is 1. The van der Waals surface area contributed by atoms with Crippen LogP contribution in [0.3, 0.4) is 0 Å². The lowest BCUT2D eigenvalue weighted by atomic mass is 9.64. The number of carbonyl (C=O) groups excluding carboxylic acids is 2. The van der Waals surface area contributed by atoms with Crippen molar-refractivity contribution in [1.29, 1.82) is 0 Å². The maximum atomic E-state index is 13.7. The molecule has 7 aliphatic rings. The van der Waals surface area contributed by atoms with Crippen molar-refractivity contribution in [3.63, 3.8) is 0 Å². The molecule has 0 unspecified atom stereocenters. The fourth-order valence-electron chi connectivity index (χ4n) is 11.7. The van der Waals surface area contributed by atoms with Crippen molar-refractivity contribution < 1.29 is 14.3 Å². The summed E-state index contributed by atoms with van der Waals surface area (Å²) in [6.07, 6.45) is 6.15. The Morgan fingerprint density at radius 2 is 1.54 bits per heavy atom. The van der Waals surface area contributed by atoms with Crippen LogP contribution in [-0.4, -0.2) is 18.9 Å². The molecule has 0 aromatic carbocycles. The third kappa shape index (κ3) is 1.13. The quantitative estimate of drug-likeness (QED) is 0.676. The molecule has 0 spiro atoms. The normalized spacial score (nSPS) is 68.0. The van der Waals surface area contributed by atoms with E-state index in [0.29, 0.717) is 70.9 Å². The van der Waals surface area contributed by atoms with E-state index in [0.717, 1.165) is 6.42 Å². The fraction of sp³-hybridized carbons (Fsp3) is 0.913. The van der Waals surface area contributed by atoms with Crippen LogP contribution >= 0.6 is 0 Å². The van der Waals surface area contributed by atoms with Gasteiger partial charge >= 0.3 is 5.97 Å². The third-order valence-corrected chi connectivity index (χ3v) is 11.6. The Labute approximate surface area is 155 Å². The summed E-state index contributed by atoms with van der Waals surface area (Å²) in [5, 5.41) is 0. The van der Waals surface area contributed by atoms with E-state index < -0.39 is 0 Å². The summed E-state index contributed by atoms with van der Waals surface area (Å²) < 4.78 is 5.48. The van der Waals surface area contributed by atoms with Crippen LogP contribution in [0.5, 0.6) is 0 Å². The summed E-state index contributed by atoms with van der Waals surface area (Å²) >= 11 is 0. The maximum Gasteiger partial charge on any atom is 0.312 e. The first-order chi connectivity index (χ1) is 12.5. The van der Waals surface area contributed by atoms with E-state index in [-0.39, 0.29) is 16.8 Å². The summed E-state index contributed by atoms with van der Waals surface area (Å²) in [4.78, 5) is 26.9. The van der Waals surface area contributed by atoms with E-state index in [2.05, 4.69) is 13.8 Å². The number of hydrogen-bond acceptors (Lipinski definition) is 3. The van der Waals surface area contributed by atoms with E-state index in [1.165, 1.54) is 25.7 Å². The molecule has 0 N–H and O–H groups in total. The molecule has 0 aromatic rings. The van der Waals surface area contributed by atoms with Crippen LogP contribution in [0.15, 0.2) is 0 Å². The predicted octanol–water partition coefficient (Wildman–Crippen LogP) is 3.57. The van der Waals surface area contributed by atoms with Gasteiger partial charge in [-0.05, 0) is 91.8 Å². The first-order valence-electron chi connectivity index (χ1n) is 11.1. The van der Waals surface area contributed by atoms with Gasteiger partial charge in [-0.15, -0.1) is 0 Å². The SMILES string of the molecule is COC(=O)[C@@]1(C)[C@@H]2[C@H]3CCC[C@@H]3[C@@H]3[C@@H]2[C@H]2[C@@H]4[C@@H]5[C@@H](CC[C@H]5C(=O)[C@@]43C)[C@@H]21. The van der Waals surface area contributed by atoms with Crippen LogP contribution in [0.2, 0.25) is 0 Å². The van der Waals surface area contributed by atoms with E-state index >= 15 is 0 Å². The van der Waals surface area contributed by atoms with E-state index in [1.54, 1.807) is 7.11 Å². The van der Waals surface area contributed by atoms with E-state index in [1.807, 2.05) is 0 Å². The molecule has 140 valence electrons. The lowest BCUT2D eigenvalue weighted by Crippen LogP contribution is -2.44. The second-order valence-electron chi connectivity index (χ2n) is 11.4. The zero-order valence-corrected chi connectivity index (χ0v) is 16.1. The standard InChI is InChI=1S/C23H30O3/c1-22-16-9-5-4-6-10(9)17-14(16)15-18(23(17,2)21(25)26-3)11-7-8-12(20(22)24)13(11)19(15)22/h9-19H,4-8H2,1-3H3/t9-,10-,11+,12+,13+,14-,15+,16+,17+,18-,19-,22+,23-/m0/s1. The van der Waals surface area contributed by atoms with Gasteiger partial charge in [0, 0.05) is 11.3 Å². The van der Waals surface area contributed by atoms with Gasteiger partial charge in [0.15, 0.2) is 0 Å². The van der Waals surface area contributed by atoms with Crippen LogP contribution in [0, 0.1) is 75.9 Å². The van der Waals surface area contributed by atoms with Crippen molar-refractivity contribution >= 4 is 11.8 Å². The third-order valence-electron chi connectivity index (χ3n) is 11.6. The zero-order chi connectivity index (χ0) is 17.7. The molecule has 0 saturated heterocycles. The average Bonchev–Trinajstić information content (AvgIpc) is 3.38. The van der Waals surface area contributed by atoms with Gasteiger partial charge < -0.3 is 4.74 Å². The zero-order valence-electron chi connectivity index (χ0n) is 16.1. The van der Waals surface area contributed by atoms with Gasteiger partial charge in [-0.2, -0.15) is 0 Å². The molecule has 0 bridgehead atoms. The minimum absolute atomic E-state index is 0.0580. The largest absolute Gasteiger partial charge is 0.469 e. The number of esters is 1. The molecule has 7 fully saturated rings. The van der Waals surface area contributed by atoms with Crippen LogP contribution in [0.4, 0.5) is 0 Å². The molecule has 3 nitrogen and oxygen atoms in total. The molecule has 0 aromatic heterocycles. The first-order valence-corrected chi connectivity index (χ1v) is 11.1. The van der Waals surface area contributed by atoms with Crippen LogP contribution in [0.1, 0.15) is 46.0 Å². The Hall–Kier alpha value is -0.860. The van der Waals surface area contributed by atoms with Crippen molar-refractivity contribution in [2.45, 2.75) is 46.0 Å². The minimum atomic E-state index is -0.291. The highest BCUT2D eigenvalue weighted by molar-refractivity contribution is 5.92. The Bertz CT molecular complexity index is 751. The highest BCUT2D eigenvalue weighted by Gasteiger charge is 2.87. The number of hydrogen-bond donors (Lipinski definition) is 0. The molecule has 7 saturated carbocycles. The van der Waals surface area contributed by atoms with Crippen molar-refractivity contribution in [2.24, 2.45) is 75.9 Å². The van der Waals surface area contributed by atoms with E-state index in [4.69, 9.17) is 4.74 Å². The number of ether oxygens (including phenoxy) is 1. The minimum Gasteiger partial charge on any atom is -0.469 e. The second-order valence-corrected chi connectivity index (χ2v) is 11.4. The average molecular weight is 354 g/mol. The molecule has 7 aliphatic carbocycles. The van der Waals surface area contributed by atoms with Gasteiger partial charge in [-0.25, -0.2) is 0 Å². The van der Waals surface area contributed by atoms with Crippen molar-refractivity contribution in [3.8, 4) is 0 Å². The monoisotopic (exact) mass is 354 g/mol. The van der Waals surface area contributed by atoms with Crippen LogP contribution in [-0.2, 0) is 14.3 Å². The number of ketones is 1. The molecule has 0 amide bonds. The highest BCUT2D eigenvalue weighted by Crippen LogP contribution is 2.87. The predicted molar refractivity (Wildman–Crippen MR) is 94.7 cm³/mol. The lowest BCUT2D eigenvalue weighted by molar-refractivity contribution is -0.160. The maximum absolute atomic E-state index is 13.7. The van der Waals surface area contributed by atoms with Crippen molar-refractivity contribution in [3.05, 3.63) is 0 Å². The van der Waals surface area contributed by atoms with Gasteiger partial charge in [-0.3, -0.25) is 9.59 Å². The van der Waals surface area contributed by atoms with Crippen molar-refractivity contribution in [1.82, 2.24) is 0 Å². The molecule has 3 heteroatoms. The summed E-state index contributed by atoms with van der Waals surface area (Å²) in [5.41, 5.74) is -0.349. The van der Waals surface area contributed by atoms with Gasteiger partial charge in [0.1, 0.15) is 5.78 Å². The molecule has 26 heavy (non-hydrogen) atoms. The first kappa shape index (κ1) is 15.1. The number of rotatable bonds is 1. The summed E-state index contributed by atoms with van der Waals surface area (Å²) in [5.74, 6) is 7.02. The van der Waals surface area contributed by atoms with Gasteiger partial charge in [0.2, 0.25) is 0 Å². The highest BCUT2D eigenvalue weighted by atomic mass is 16.5. The molecule has 0 radical (unpaired) electrons. The number of Topliss-reactive ketones (excluding diaryl/α,β-unsaturated/α-hetero) is 1. The Balaban J connectivity index is 1.51. The lowest BCUT2D eigenvalue weighted by Gasteiger charge is -2.39. The smallest absolute Gasteiger partial charge is 0.312 e. The van der Waals surface area contributed by atoms with E-state index in [9.17, 15) is 9.59 Å². The molecule has 0 heterocycles. The van der Waals surface area contributed by atoms with Crippen LogP contribution < -0.4 is 0 Å². The van der Waals surface area contributed by atoms with Crippen LogP contribution in [0.25, 0.3) is 0 Å². The molecule has 13 atom stereocenters. The van der Waals surface area contributed by atoms with Crippen molar-refractivity contribution in [2.75, 3.05) is 7.11 Å². The van der Waals surface area contributed by atoms with Gasteiger partial charge in [0.05, 0.1) is 12.5 Å². The Kier molecular flexibility index (Phi) is 2.38. The summed E-state index contributed by atoms with van der Waals surface area (Å²) in [6.45, 7) is 4.67. The molecule has 7 rings (SSSR count). The van der Waals surface area contributed by atoms with Gasteiger partial charge in [0.25, 0.3) is 0 Å². The number of carbonyl (C=O) groups is 2. The molecular weight excluding hydrogens is 324 g/mol. The fourth-order valence-corrected chi connectivity index (χ4v) is 11.7. The Morgan fingerprint density at radius 3 is 2.27 bits per heavy atom. The molecule has 0 aliphatic heterocycles. The Morgan fingerprint density at radius 1 is 0.885 bits per heavy atom. The summed E-state index contributed by atoms with van der Waals surface area (Å²) in [7, 11) is 1.60. The second kappa shape index (κ2) is 4.10. The topological polar surface area (TPSA) is 43.4 Å².